The normalized spacial score (nSPS) is 11.6. The lowest BCUT2D eigenvalue weighted by Gasteiger charge is -2.21. The fourth-order valence-corrected chi connectivity index (χ4v) is 4.18. The maximum absolute atomic E-state index is 11.9. The summed E-state index contributed by atoms with van der Waals surface area (Å²) in [6, 6.07) is 30.5. The fraction of sp³-hybridized carbons (Fsp3) is 0.129. The highest BCUT2D eigenvalue weighted by molar-refractivity contribution is 6.30. The van der Waals surface area contributed by atoms with E-state index in [4.69, 9.17) is 16.3 Å². The molecule has 4 nitrogen and oxygen atoms in total. The second kappa shape index (κ2) is 11.1. The van der Waals surface area contributed by atoms with Crippen molar-refractivity contribution in [1.29, 1.82) is 0 Å². The molecule has 1 N–H and O–H groups in total. The van der Waals surface area contributed by atoms with Gasteiger partial charge in [-0.1, -0.05) is 54.4 Å². The number of anilines is 2. The van der Waals surface area contributed by atoms with Crippen molar-refractivity contribution in [2.45, 2.75) is 20.3 Å². The highest BCUT2D eigenvalue weighted by Crippen LogP contribution is 2.35. The molecule has 0 saturated heterocycles. The summed E-state index contributed by atoms with van der Waals surface area (Å²) < 4.78 is 6.02. The summed E-state index contributed by atoms with van der Waals surface area (Å²) in [5, 5.41) is 10.5. The van der Waals surface area contributed by atoms with Crippen LogP contribution in [0.15, 0.2) is 103 Å². The molecule has 0 bridgehead atoms. The minimum Gasteiger partial charge on any atom is -0.478 e. The highest BCUT2D eigenvalue weighted by atomic mass is 35.5. The number of nitrogens with zero attached hydrogens (tertiary/aromatic N) is 1. The summed E-state index contributed by atoms with van der Waals surface area (Å²) in [4.78, 5) is 14.0. The van der Waals surface area contributed by atoms with Crippen molar-refractivity contribution in [2.75, 3.05) is 11.9 Å². The molecule has 0 aliphatic rings. The number of hydrogen-bond donors (Lipinski definition) is 1. The van der Waals surface area contributed by atoms with Gasteiger partial charge in [0.05, 0.1) is 5.56 Å². The van der Waals surface area contributed by atoms with E-state index in [0.29, 0.717) is 16.5 Å². The topological polar surface area (TPSA) is 49.8 Å². The van der Waals surface area contributed by atoms with Crippen LogP contribution in [0.5, 0.6) is 11.5 Å². The second-order valence-electron chi connectivity index (χ2n) is 8.56. The minimum atomic E-state index is -0.997. The van der Waals surface area contributed by atoms with Gasteiger partial charge >= 0.3 is 5.97 Å². The zero-order valence-corrected chi connectivity index (χ0v) is 21.3. The van der Waals surface area contributed by atoms with Gasteiger partial charge < -0.3 is 14.7 Å². The first kappa shape index (κ1) is 25.1. The maximum atomic E-state index is 11.9. The molecule has 0 saturated carbocycles. The number of allylic oxidation sites excluding steroid dienone is 1. The average molecular weight is 498 g/mol. The summed E-state index contributed by atoms with van der Waals surface area (Å²) in [5.74, 6) is 0.137. The molecule has 4 aromatic rings. The van der Waals surface area contributed by atoms with E-state index >= 15 is 0 Å². The van der Waals surface area contributed by atoms with Crippen molar-refractivity contribution >= 4 is 34.5 Å². The third-order valence-corrected chi connectivity index (χ3v) is 6.39. The Morgan fingerprint density at radius 1 is 0.806 bits per heavy atom. The van der Waals surface area contributed by atoms with Gasteiger partial charge in [-0.3, -0.25) is 0 Å². The molecule has 0 atom stereocenters. The smallest absolute Gasteiger partial charge is 0.335 e. The van der Waals surface area contributed by atoms with Gasteiger partial charge in [0.2, 0.25) is 0 Å². The Morgan fingerprint density at radius 2 is 1.39 bits per heavy atom. The van der Waals surface area contributed by atoms with Crippen LogP contribution in [-0.2, 0) is 0 Å². The maximum Gasteiger partial charge on any atom is 0.335 e. The first-order valence-electron chi connectivity index (χ1n) is 11.8. The lowest BCUT2D eigenvalue weighted by atomic mass is 9.91. The van der Waals surface area contributed by atoms with Gasteiger partial charge in [0.1, 0.15) is 11.5 Å². The second-order valence-corrected chi connectivity index (χ2v) is 8.99. The van der Waals surface area contributed by atoms with Crippen LogP contribution in [0, 0.1) is 0 Å². The van der Waals surface area contributed by atoms with Crippen molar-refractivity contribution in [2.24, 2.45) is 0 Å². The molecular weight excluding hydrogens is 470 g/mol. The number of rotatable bonds is 8. The number of aromatic carboxylic acids is 1. The molecule has 0 amide bonds. The largest absolute Gasteiger partial charge is 0.478 e. The number of benzene rings is 4. The van der Waals surface area contributed by atoms with Crippen LogP contribution in [0.2, 0.25) is 5.02 Å². The Hall–Kier alpha value is -4.02. The first-order chi connectivity index (χ1) is 17.4. The van der Waals surface area contributed by atoms with Crippen molar-refractivity contribution in [3.05, 3.63) is 124 Å². The van der Waals surface area contributed by atoms with E-state index in [1.807, 2.05) is 67.7 Å². The quantitative estimate of drug-likeness (QED) is 0.264. The van der Waals surface area contributed by atoms with Crippen molar-refractivity contribution in [1.82, 2.24) is 0 Å². The summed E-state index contributed by atoms with van der Waals surface area (Å²) in [7, 11) is 2.01. The molecule has 0 radical (unpaired) electrons. The van der Waals surface area contributed by atoms with E-state index in [1.165, 1.54) is 0 Å². The van der Waals surface area contributed by atoms with Gasteiger partial charge in [0.15, 0.2) is 0 Å². The number of carboxylic acids is 1. The fourth-order valence-electron chi connectivity index (χ4n) is 4.05. The molecule has 0 spiro atoms. The molecule has 0 aromatic heterocycles. The van der Waals surface area contributed by atoms with Crippen LogP contribution in [0.4, 0.5) is 11.4 Å². The van der Waals surface area contributed by atoms with E-state index < -0.39 is 5.97 Å². The Labute approximate surface area is 217 Å². The first-order valence-corrected chi connectivity index (χ1v) is 12.1. The number of ether oxygens (including phenoxy) is 1. The van der Waals surface area contributed by atoms with Crippen LogP contribution in [0.1, 0.15) is 41.8 Å². The third-order valence-electron chi connectivity index (χ3n) is 6.14. The van der Waals surface area contributed by atoms with Crippen molar-refractivity contribution in [3.63, 3.8) is 0 Å². The van der Waals surface area contributed by atoms with Gasteiger partial charge in [0, 0.05) is 23.4 Å². The average Bonchev–Trinajstić information content (AvgIpc) is 2.89. The number of halogens is 1. The Balaban J connectivity index is 1.73. The van der Waals surface area contributed by atoms with Gasteiger partial charge in [-0.25, -0.2) is 4.79 Å². The molecule has 0 fully saturated rings. The lowest BCUT2D eigenvalue weighted by molar-refractivity contribution is 0.0696. The van der Waals surface area contributed by atoms with Gasteiger partial charge in [-0.15, -0.1) is 0 Å². The third kappa shape index (κ3) is 5.78. The van der Waals surface area contributed by atoms with Crippen LogP contribution in [0.3, 0.4) is 0 Å². The molecule has 0 aliphatic carbocycles. The molecule has 4 rings (SSSR count). The van der Waals surface area contributed by atoms with E-state index in [0.717, 1.165) is 40.1 Å². The minimum absolute atomic E-state index is 0.180. The lowest BCUT2D eigenvalue weighted by Crippen LogP contribution is -2.09. The zero-order valence-electron chi connectivity index (χ0n) is 20.5. The SMILES string of the molecule is CCC(C)=C(c1ccc(N(C)c2ccc(Cl)cc2)cc1)c1cc(Oc2ccccc2)cc(C(=O)O)c1. The summed E-state index contributed by atoms with van der Waals surface area (Å²) in [6.45, 7) is 4.18. The molecule has 0 heterocycles. The van der Waals surface area contributed by atoms with Crippen LogP contribution >= 0.6 is 11.6 Å². The van der Waals surface area contributed by atoms with E-state index in [1.54, 1.807) is 12.1 Å². The molecule has 4 aromatic carbocycles. The molecule has 0 aliphatic heterocycles. The number of carbonyl (C=O) groups is 1. The monoisotopic (exact) mass is 497 g/mol. The summed E-state index contributed by atoms with van der Waals surface area (Å²) in [6.07, 6.45) is 0.827. The molecule has 0 unspecified atom stereocenters. The molecular formula is C31H28ClNO3. The zero-order chi connectivity index (χ0) is 25.7. The van der Waals surface area contributed by atoms with E-state index in [9.17, 15) is 9.90 Å². The van der Waals surface area contributed by atoms with Gasteiger partial charge in [0.25, 0.3) is 0 Å². The summed E-state index contributed by atoms with van der Waals surface area (Å²) in [5.41, 5.74) is 6.21. The summed E-state index contributed by atoms with van der Waals surface area (Å²) >= 11 is 6.04. The van der Waals surface area contributed by atoms with Crippen LogP contribution < -0.4 is 9.64 Å². The predicted molar refractivity (Wildman–Crippen MR) is 148 cm³/mol. The molecule has 5 heteroatoms. The van der Waals surface area contributed by atoms with Crippen LogP contribution in [-0.4, -0.2) is 18.1 Å². The van der Waals surface area contributed by atoms with Crippen molar-refractivity contribution < 1.29 is 14.6 Å². The van der Waals surface area contributed by atoms with Crippen LogP contribution in [0.25, 0.3) is 5.57 Å². The standard InChI is InChI=1S/C31H28ClNO3/c1-4-21(2)30(22-10-14-26(15-11-22)33(3)27-16-12-25(32)13-17-27)23-18-24(31(34)35)20-29(19-23)36-28-8-6-5-7-9-28/h5-20H,4H2,1-3H3,(H,34,35). The van der Waals surface area contributed by atoms with E-state index in [2.05, 4.69) is 43.0 Å². The van der Waals surface area contributed by atoms with Gasteiger partial charge in [-0.05, 0) is 96.8 Å². The molecule has 182 valence electrons. The number of para-hydroxylation sites is 1. The predicted octanol–water partition coefficient (Wildman–Crippen LogP) is 8.83. The Bertz CT molecular complexity index is 1380. The molecule has 36 heavy (non-hydrogen) atoms. The Morgan fingerprint density at radius 3 is 1.97 bits per heavy atom. The van der Waals surface area contributed by atoms with Gasteiger partial charge in [-0.2, -0.15) is 0 Å². The number of carboxylic acid groups (broad SMARTS) is 1. The Kier molecular flexibility index (Phi) is 7.77. The number of hydrogen-bond acceptors (Lipinski definition) is 3. The highest BCUT2D eigenvalue weighted by Gasteiger charge is 2.15. The van der Waals surface area contributed by atoms with E-state index in [-0.39, 0.29) is 5.56 Å². The van der Waals surface area contributed by atoms with Crippen molar-refractivity contribution in [3.8, 4) is 11.5 Å².